The van der Waals surface area contributed by atoms with Gasteiger partial charge in [0.2, 0.25) is 0 Å². The highest BCUT2D eigenvalue weighted by atomic mass is 14.4. The van der Waals surface area contributed by atoms with Crippen LogP contribution >= 0.6 is 0 Å². The molecule has 0 heterocycles. The van der Waals surface area contributed by atoms with E-state index < -0.39 is 0 Å². The number of hydrogen-bond acceptors (Lipinski definition) is 0. The van der Waals surface area contributed by atoms with E-state index in [4.69, 9.17) is 0 Å². The van der Waals surface area contributed by atoms with Gasteiger partial charge in [-0.05, 0) is 48.9 Å². The van der Waals surface area contributed by atoms with Gasteiger partial charge in [0.05, 0.1) is 0 Å². The molecule has 0 radical (unpaired) electrons. The lowest BCUT2D eigenvalue weighted by Crippen LogP contribution is -2.24. The van der Waals surface area contributed by atoms with Gasteiger partial charge >= 0.3 is 0 Å². The average Bonchev–Trinajstić information content (AvgIpc) is 2.75. The SMILES string of the molecule is CCC[C@H](C)C(C)C1C=CC2CCCC2C1. The van der Waals surface area contributed by atoms with E-state index in [2.05, 4.69) is 32.9 Å². The Morgan fingerprint density at radius 3 is 2.75 bits per heavy atom. The van der Waals surface area contributed by atoms with E-state index in [1.807, 2.05) is 0 Å². The summed E-state index contributed by atoms with van der Waals surface area (Å²) in [5.41, 5.74) is 0. The van der Waals surface area contributed by atoms with E-state index in [0.717, 1.165) is 29.6 Å². The normalized spacial score (nSPS) is 37.1. The molecule has 0 saturated heterocycles. The Labute approximate surface area is 102 Å². The topological polar surface area (TPSA) is 0 Å². The molecule has 16 heavy (non-hydrogen) atoms. The van der Waals surface area contributed by atoms with Crippen molar-refractivity contribution >= 4 is 0 Å². The van der Waals surface area contributed by atoms with Crippen molar-refractivity contribution in [1.82, 2.24) is 0 Å². The van der Waals surface area contributed by atoms with Crippen LogP contribution in [0.25, 0.3) is 0 Å². The Kier molecular flexibility index (Phi) is 4.10. The van der Waals surface area contributed by atoms with E-state index in [-0.39, 0.29) is 0 Å². The highest BCUT2D eigenvalue weighted by molar-refractivity contribution is 5.05. The Morgan fingerprint density at radius 2 is 2.00 bits per heavy atom. The molecule has 0 aliphatic heterocycles. The van der Waals surface area contributed by atoms with Crippen molar-refractivity contribution in [1.29, 1.82) is 0 Å². The molecule has 2 aliphatic carbocycles. The second-order valence-electron chi connectivity index (χ2n) is 6.26. The molecule has 0 aromatic carbocycles. The first-order valence-corrected chi connectivity index (χ1v) is 7.40. The molecule has 0 heteroatoms. The van der Waals surface area contributed by atoms with Crippen LogP contribution in [0, 0.1) is 29.6 Å². The highest BCUT2D eigenvalue weighted by Gasteiger charge is 2.33. The maximum Gasteiger partial charge on any atom is -0.0202 e. The maximum absolute atomic E-state index is 2.56. The molecular weight excluding hydrogens is 192 g/mol. The summed E-state index contributed by atoms with van der Waals surface area (Å²) >= 11 is 0. The van der Waals surface area contributed by atoms with E-state index in [0.29, 0.717) is 0 Å². The molecule has 1 saturated carbocycles. The zero-order chi connectivity index (χ0) is 11.5. The zero-order valence-electron chi connectivity index (χ0n) is 11.3. The number of rotatable bonds is 4. The van der Waals surface area contributed by atoms with Crippen LogP contribution in [0.4, 0.5) is 0 Å². The summed E-state index contributed by atoms with van der Waals surface area (Å²) in [5.74, 6) is 4.65. The monoisotopic (exact) mass is 220 g/mol. The minimum absolute atomic E-state index is 0.876. The first kappa shape index (κ1) is 12.2. The fourth-order valence-electron chi connectivity index (χ4n) is 3.86. The molecule has 2 rings (SSSR count). The van der Waals surface area contributed by atoms with Gasteiger partial charge in [0.15, 0.2) is 0 Å². The van der Waals surface area contributed by atoms with Gasteiger partial charge < -0.3 is 0 Å². The predicted octanol–water partition coefficient (Wildman–Crippen LogP) is 5.05. The summed E-state index contributed by atoms with van der Waals surface area (Å²) < 4.78 is 0. The molecule has 0 spiro atoms. The second kappa shape index (κ2) is 5.38. The van der Waals surface area contributed by atoms with Crippen LogP contribution in [0.15, 0.2) is 12.2 Å². The molecule has 0 N–H and O–H groups in total. The van der Waals surface area contributed by atoms with Crippen LogP contribution in [-0.4, -0.2) is 0 Å². The summed E-state index contributed by atoms with van der Waals surface area (Å²) in [5, 5.41) is 0. The van der Waals surface area contributed by atoms with Crippen molar-refractivity contribution in [2.24, 2.45) is 29.6 Å². The first-order valence-electron chi connectivity index (χ1n) is 7.40. The predicted molar refractivity (Wildman–Crippen MR) is 71.3 cm³/mol. The van der Waals surface area contributed by atoms with Gasteiger partial charge in [-0.3, -0.25) is 0 Å². The van der Waals surface area contributed by atoms with Crippen LogP contribution < -0.4 is 0 Å². The van der Waals surface area contributed by atoms with Crippen molar-refractivity contribution in [3.05, 3.63) is 12.2 Å². The summed E-state index contributed by atoms with van der Waals surface area (Å²) in [6.45, 7) is 7.24. The quantitative estimate of drug-likeness (QED) is 0.581. The molecule has 0 bridgehead atoms. The molecule has 4 unspecified atom stereocenters. The van der Waals surface area contributed by atoms with Crippen LogP contribution in [0.3, 0.4) is 0 Å². The Bertz CT molecular complexity index is 240. The van der Waals surface area contributed by atoms with Crippen LogP contribution in [0.2, 0.25) is 0 Å². The Morgan fingerprint density at radius 1 is 1.19 bits per heavy atom. The highest BCUT2D eigenvalue weighted by Crippen LogP contribution is 2.43. The van der Waals surface area contributed by atoms with Gasteiger partial charge in [0, 0.05) is 0 Å². The zero-order valence-corrected chi connectivity index (χ0v) is 11.3. The van der Waals surface area contributed by atoms with E-state index in [1.54, 1.807) is 0 Å². The second-order valence-corrected chi connectivity index (χ2v) is 6.26. The fraction of sp³-hybridized carbons (Fsp3) is 0.875. The Hall–Kier alpha value is -0.260. The lowest BCUT2D eigenvalue weighted by Gasteiger charge is -2.33. The Balaban J connectivity index is 1.93. The summed E-state index contributed by atoms with van der Waals surface area (Å²) in [7, 11) is 0. The minimum atomic E-state index is 0.876. The lowest BCUT2D eigenvalue weighted by molar-refractivity contribution is 0.226. The molecular formula is C16H28. The third kappa shape index (κ3) is 2.52. The van der Waals surface area contributed by atoms with Gasteiger partial charge in [0.25, 0.3) is 0 Å². The largest absolute Gasteiger partial charge is 0.0849 e. The lowest BCUT2D eigenvalue weighted by atomic mass is 9.72. The van der Waals surface area contributed by atoms with Gasteiger partial charge in [-0.25, -0.2) is 0 Å². The van der Waals surface area contributed by atoms with Crippen molar-refractivity contribution in [3.63, 3.8) is 0 Å². The number of allylic oxidation sites excluding steroid dienone is 2. The van der Waals surface area contributed by atoms with Gasteiger partial charge in [-0.2, -0.15) is 0 Å². The summed E-state index contributed by atoms with van der Waals surface area (Å²) in [6, 6.07) is 0. The van der Waals surface area contributed by atoms with Crippen molar-refractivity contribution in [2.45, 2.75) is 59.3 Å². The molecule has 0 aromatic rings. The maximum atomic E-state index is 2.56. The smallest absolute Gasteiger partial charge is 0.0202 e. The van der Waals surface area contributed by atoms with Crippen molar-refractivity contribution in [2.75, 3.05) is 0 Å². The van der Waals surface area contributed by atoms with Gasteiger partial charge in [0.1, 0.15) is 0 Å². The molecule has 5 atom stereocenters. The van der Waals surface area contributed by atoms with E-state index in [9.17, 15) is 0 Å². The van der Waals surface area contributed by atoms with Crippen LogP contribution in [0.5, 0.6) is 0 Å². The molecule has 1 fully saturated rings. The molecule has 92 valence electrons. The van der Waals surface area contributed by atoms with Gasteiger partial charge in [-0.15, -0.1) is 0 Å². The standard InChI is InChI=1S/C16H28/c1-4-6-12(2)13(3)15-10-9-14-7-5-8-16(14)11-15/h9-10,12-16H,4-8,11H2,1-3H3/t12-,13?,14?,15?,16?/m0/s1. The third-order valence-corrected chi connectivity index (χ3v) is 5.22. The summed E-state index contributed by atoms with van der Waals surface area (Å²) in [6.07, 6.45) is 13.8. The minimum Gasteiger partial charge on any atom is -0.0849 e. The molecule has 0 aromatic heterocycles. The van der Waals surface area contributed by atoms with Crippen LogP contribution in [0.1, 0.15) is 59.3 Å². The third-order valence-electron chi connectivity index (χ3n) is 5.22. The number of hydrogen-bond donors (Lipinski definition) is 0. The molecule has 0 amide bonds. The first-order chi connectivity index (χ1) is 7.72. The van der Waals surface area contributed by atoms with E-state index in [1.165, 1.54) is 38.5 Å². The average molecular weight is 220 g/mol. The number of fused-ring (bicyclic) bond motifs is 1. The van der Waals surface area contributed by atoms with E-state index >= 15 is 0 Å². The fourth-order valence-corrected chi connectivity index (χ4v) is 3.86. The van der Waals surface area contributed by atoms with Crippen molar-refractivity contribution in [3.8, 4) is 0 Å². The van der Waals surface area contributed by atoms with Crippen molar-refractivity contribution < 1.29 is 0 Å². The summed E-state index contributed by atoms with van der Waals surface area (Å²) in [4.78, 5) is 0. The van der Waals surface area contributed by atoms with Gasteiger partial charge in [-0.1, -0.05) is 52.2 Å². The van der Waals surface area contributed by atoms with Crippen LogP contribution in [-0.2, 0) is 0 Å². The molecule has 2 aliphatic rings. The molecule has 0 nitrogen and oxygen atoms in total.